The normalized spacial score (nSPS) is 19.9. The number of carbonyl (C=O) groups excluding carboxylic acids is 1. The summed E-state index contributed by atoms with van der Waals surface area (Å²) in [6.45, 7) is -0.406. The number of piperidine rings is 1. The van der Waals surface area contributed by atoms with Crippen molar-refractivity contribution in [3.05, 3.63) is 28.7 Å². The van der Waals surface area contributed by atoms with Gasteiger partial charge in [0, 0.05) is 18.8 Å². The zero-order chi connectivity index (χ0) is 14.8. The molecular formula is C12H14F3N3O2. The van der Waals surface area contributed by atoms with Gasteiger partial charge in [-0.1, -0.05) is 0 Å². The fourth-order valence-electron chi connectivity index (χ4n) is 2.30. The van der Waals surface area contributed by atoms with Crippen LogP contribution in [0.5, 0.6) is 0 Å². The van der Waals surface area contributed by atoms with Crippen molar-refractivity contribution in [1.29, 1.82) is 0 Å². The molecule has 20 heavy (non-hydrogen) atoms. The second kappa shape index (κ2) is 5.64. The molecule has 1 fully saturated rings. The molecule has 1 aromatic rings. The van der Waals surface area contributed by atoms with Gasteiger partial charge in [-0.15, -0.1) is 0 Å². The maximum absolute atomic E-state index is 12.9. The van der Waals surface area contributed by atoms with E-state index < -0.39 is 30.2 Å². The highest BCUT2D eigenvalue weighted by atomic mass is 19.4. The first-order chi connectivity index (χ1) is 9.39. The first-order valence-corrected chi connectivity index (χ1v) is 6.28. The Morgan fingerprint density at radius 2 is 2.15 bits per heavy atom. The molecule has 1 aliphatic rings. The molecule has 110 valence electrons. The van der Waals surface area contributed by atoms with Gasteiger partial charge in [-0.05, 0) is 25.3 Å². The summed E-state index contributed by atoms with van der Waals surface area (Å²) in [6, 6.07) is 0.851. The van der Waals surface area contributed by atoms with Crippen LogP contribution in [0.2, 0.25) is 0 Å². The molecule has 0 aromatic carbocycles. The van der Waals surface area contributed by atoms with Crippen molar-refractivity contribution < 1.29 is 18.0 Å². The quantitative estimate of drug-likeness (QED) is 0.821. The van der Waals surface area contributed by atoms with Gasteiger partial charge >= 0.3 is 6.18 Å². The smallest absolute Gasteiger partial charge is 0.329 e. The zero-order valence-electron chi connectivity index (χ0n) is 10.6. The number of amides is 1. The van der Waals surface area contributed by atoms with Gasteiger partial charge in [0.25, 0.3) is 5.56 Å². The summed E-state index contributed by atoms with van der Waals surface area (Å²) in [5.41, 5.74) is -0.513. The molecule has 0 N–H and O–H groups in total. The molecular weight excluding hydrogens is 275 g/mol. The molecule has 1 atom stereocenters. The summed E-state index contributed by atoms with van der Waals surface area (Å²) in [5, 5.41) is 3.68. The van der Waals surface area contributed by atoms with E-state index in [4.69, 9.17) is 0 Å². The van der Waals surface area contributed by atoms with Crippen LogP contribution in [0.15, 0.2) is 23.1 Å². The molecule has 1 saturated heterocycles. The molecule has 1 aliphatic heterocycles. The number of hydrogen-bond acceptors (Lipinski definition) is 3. The summed E-state index contributed by atoms with van der Waals surface area (Å²) in [5.74, 6) is -0.729. The third kappa shape index (κ3) is 3.17. The monoisotopic (exact) mass is 289 g/mol. The van der Waals surface area contributed by atoms with E-state index in [1.54, 1.807) is 0 Å². The second-order valence-corrected chi connectivity index (χ2v) is 4.66. The molecule has 1 aromatic heterocycles. The summed E-state index contributed by atoms with van der Waals surface area (Å²) in [4.78, 5) is 24.2. The molecule has 0 saturated carbocycles. The van der Waals surface area contributed by atoms with E-state index in [1.165, 1.54) is 18.3 Å². The standard InChI is InChI=1S/C12H14F3N3O2/c13-12(14,15)9-4-1-2-7-17(9)11(20)8-18-10(19)5-3-6-16-18/h3,5-6,9H,1-2,4,7-8H2. The van der Waals surface area contributed by atoms with Crippen molar-refractivity contribution >= 4 is 5.91 Å². The van der Waals surface area contributed by atoms with Gasteiger partial charge in [0.1, 0.15) is 12.6 Å². The lowest BCUT2D eigenvalue weighted by atomic mass is 10.0. The van der Waals surface area contributed by atoms with Gasteiger partial charge in [-0.3, -0.25) is 9.59 Å². The van der Waals surface area contributed by atoms with Gasteiger partial charge in [0.2, 0.25) is 5.91 Å². The average molecular weight is 289 g/mol. The zero-order valence-corrected chi connectivity index (χ0v) is 10.6. The Morgan fingerprint density at radius 3 is 2.80 bits per heavy atom. The highest BCUT2D eigenvalue weighted by Gasteiger charge is 2.46. The van der Waals surface area contributed by atoms with Crippen LogP contribution in [-0.4, -0.2) is 39.4 Å². The van der Waals surface area contributed by atoms with Crippen LogP contribution in [0.25, 0.3) is 0 Å². The van der Waals surface area contributed by atoms with Crippen LogP contribution >= 0.6 is 0 Å². The van der Waals surface area contributed by atoms with Crippen molar-refractivity contribution in [2.45, 2.75) is 38.0 Å². The molecule has 1 amide bonds. The average Bonchev–Trinajstić information content (AvgIpc) is 2.40. The fourth-order valence-corrected chi connectivity index (χ4v) is 2.30. The van der Waals surface area contributed by atoms with Crippen molar-refractivity contribution in [3.63, 3.8) is 0 Å². The number of likely N-dealkylation sites (tertiary alicyclic amines) is 1. The Morgan fingerprint density at radius 1 is 1.40 bits per heavy atom. The van der Waals surface area contributed by atoms with Crippen LogP contribution in [0.3, 0.4) is 0 Å². The lowest BCUT2D eigenvalue weighted by Gasteiger charge is -2.36. The number of alkyl halides is 3. The van der Waals surface area contributed by atoms with Crippen molar-refractivity contribution in [3.8, 4) is 0 Å². The lowest BCUT2D eigenvalue weighted by molar-refractivity contribution is -0.196. The minimum atomic E-state index is -4.44. The van der Waals surface area contributed by atoms with E-state index in [0.717, 1.165) is 9.58 Å². The molecule has 0 aliphatic carbocycles. The number of aromatic nitrogens is 2. The van der Waals surface area contributed by atoms with Gasteiger partial charge in [0.05, 0.1) is 0 Å². The Kier molecular flexibility index (Phi) is 4.10. The maximum Gasteiger partial charge on any atom is 0.408 e. The van der Waals surface area contributed by atoms with E-state index in [2.05, 4.69) is 5.10 Å². The topological polar surface area (TPSA) is 55.2 Å². The number of nitrogens with zero attached hydrogens (tertiary/aromatic N) is 3. The Labute approximate surface area is 113 Å². The molecule has 1 unspecified atom stereocenters. The molecule has 2 heterocycles. The largest absolute Gasteiger partial charge is 0.408 e. The van der Waals surface area contributed by atoms with E-state index in [1.807, 2.05) is 0 Å². The SMILES string of the molecule is O=C(Cn1ncccc1=O)N1CCCCC1C(F)(F)F. The Bertz CT molecular complexity index is 541. The molecule has 0 spiro atoms. The van der Waals surface area contributed by atoms with Gasteiger partial charge < -0.3 is 4.90 Å². The van der Waals surface area contributed by atoms with Crippen LogP contribution in [0, 0.1) is 0 Å². The highest BCUT2D eigenvalue weighted by molar-refractivity contribution is 5.76. The molecule has 0 radical (unpaired) electrons. The van der Waals surface area contributed by atoms with Crippen molar-refractivity contribution in [2.75, 3.05) is 6.54 Å². The fraction of sp³-hybridized carbons (Fsp3) is 0.583. The lowest BCUT2D eigenvalue weighted by Crippen LogP contribution is -2.52. The number of carbonyl (C=O) groups is 1. The molecule has 5 nitrogen and oxygen atoms in total. The summed E-state index contributed by atoms with van der Waals surface area (Å²) >= 11 is 0. The third-order valence-electron chi connectivity index (χ3n) is 3.27. The first-order valence-electron chi connectivity index (χ1n) is 6.28. The first kappa shape index (κ1) is 14.5. The van der Waals surface area contributed by atoms with Gasteiger partial charge in [-0.25, -0.2) is 4.68 Å². The van der Waals surface area contributed by atoms with Crippen LogP contribution in [-0.2, 0) is 11.3 Å². The number of rotatable bonds is 2. The molecule has 2 rings (SSSR count). The van der Waals surface area contributed by atoms with E-state index in [-0.39, 0.29) is 13.0 Å². The van der Waals surface area contributed by atoms with Gasteiger partial charge in [-0.2, -0.15) is 18.3 Å². The Hall–Kier alpha value is -1.86. The predicted octanol–water partition coefficient (Wildman–Crippen LogP) is 1.19. The van der Waals surface area contributed by atoms with Crippen LogP contribution < -0.4 is 5.56 Å². The summed E-state index contributed by atoms with van der Waals surface area (Å²) in [6.07, 6.45) is -2.24. The predicted molar refractivity (Wildman–Crippen MR) is 63.9 cm³/mol. The number of halogens is 3. The number of hydrogen-bond donors (Lipinski definition) is 0. The molecule has 8 heteroatoms. The summed E-state index contributed by atoms with van der Waals surface area (Å²) in [7, 11) is 0. The van der Waals surface area contributed by atoms with Crippen LogP contribution in [0.1, 0.15) is 19.3 Å². The van der Waals surface area contributed by atoms with E-state index in [9.17, 15) is 22.8 Å². The second-order valence-electron chi connectivity index (χ2n) is 4.66. The highest BCUT2D eigenvalue weighted by Crippen LogP contribution is 2.31. The van der Waals surface area contributed by atoms with E-state index in [0.29, 0.717) is 12.8 Å². The molecule has 0 bridgehead atoms. The third-order valence-corrected chi connectivity index (χ3v) is 3.27. The van der Waals surface area contributed by atoms with Crippen molar-refractivity contribution in [1.82, 2.24) is 14.7 Å². The van der Waals surface area contributed by atoms with Crippen molar-refractivity contribution in [2.24, 2.45) is 0 Å². The summed E-state index contributed by atoms with van der Waals surface area (Å²) < 4.78 is 39.5. The minimum Gasteiger partial charge on any atom is -0.329 e. The van der Waals surface area contributed by atoms with Gasteiger partial charge in [0.15, 0.2) is 0 Å². The minimum absolute atomic E-state index is 0.0601. The van der Waals surface area contributed by atoms with E-state index >= 15 is 0 Å². The van der Waals surface area contributed by atoms with Crippen LogP contribution in [0.4, 0.5) is 13.2 Å². The maximum atomic E-state index is 12.9. The Balaban J connectivity index is 2.15.